The van der Waals surface area contributed by atoms with E-state index in [-0.39, 0.29) is 17.9 Å². The normalized spacial score (nSPS) is 13.4. The molecule has 2 unspecified atom stereocenters. The van der Waals surface area contributed by atoms with E-state index in [2.05, 4.69) is 5.32 Å². The van der Waals surface area contributed by atoms with Crippen LogP contribution in [-0.2, 0) is 11.2 Å². The second kappa shape index (κ2) is 8.34. The number of benzene rings is 2. The largest absolute Gasteiger partial charge is 0.354 e. The van der Waals surface area contributed by atoms with Crippen LogP contribution < -0.4 is 11.1 Å². The van der Waals surface area contributed by atoms with E-state index < -0.39 is 0 Å². The first-order chi connectivity index (χ1) is 11.0. The maximum Gasteiger partial charge on any atom is 0.223 e. The van der Waals surface area contributed by atoms with E-state index >= 15 is 0 Å². The van der Waals surface area contributed by atoms with Gasteiger partial charge in [-0.25, -0.2) is 0 Å². The third-order valence-corrected chi connectivity index (χ3v) is 4.30. The molecule has 2 atom stereocenters. The highest BCUT2D eigenvalue weighted by molar-refractivity contribution is 6.35. The van der Waals surface area contributed by atoms with Crippen molar-refractivity contribution >= 4 is 29.1 Å². The fourth-order valence-corrected chi connectivity index (χ4v) is 2.80. The Balaban J connectivity index is 1.87. The van der Waals surface area contributed by atoms with Crippen LogP contribution in [0.15, 0.2) is 48.5 Å². The van der Waals surface area contributed by atoms with E-state index in [1.165, 1.54) is 0 Å². The van der Waals surface area contributed by atoms with Gasteiger partial charge in [-0.05, 0) is 29.7 Å². The minimum absolute atomic E-state index is 0.0394. The molecule has 0 heterocycles. The van der Waals surface area contributed by atoms with Gasteiger partial charge in [-0.2, -0.15) is 0 Å². The van der Waals surface area contributed by atoms with Crippen molar-refractivity contribution in [3.05, 3.63) is 69.7 Å². The van der Waals surface area contributed by atoms with Crippen LogP contribution >= 0.6 is 23.2 Å². The van der Waals surface area contributed by atoms with Crippen LogP contribution in [0.3, 0.4) is 0 Å². The molecule has 122 valence electrons. The molecule has 5 heteroatoms. The summed E-state index contributed by atoms with van der Waals surface area (Å²) in [7, 11) is 0. The zero-order valence-electron chi connectivity index (χ0n) is 12.9. The quantitative estimate of drug-likeness (QED) is 0.827. The van der Waals surface area contributed by atoms with Crippen molar-refractivity contribution in [3.63, 3.8) is 0 Å². The number of carbonyl (C=O) groups is 1. The summed E-state index contributed by atoms with van der Waals surface area (Å²) in [6.45, 7) is 2.27. The highest BCUT2D eigenvalue weighted by Crippen LogP contribution is 2.23. The fourth-order valence-electron chi connectivity index (χ4n) is 2.31. The zero-order chi connectivity index (χ0) is 16.8. The van der Waals surface area contributed by atoms with Crippen LogP contribution in [0.1, 0.15) is 24.1 Å². The Morgan fingerprint density at radius 3 is 2.52 bits per heavy atom. The number of nitrogens with two attached hydrogens (primary N) is 1. The molecule has 23 heavy (non-hydrogen) atoms. The first-order valence-corrected chi connectivity index (χ1v) is 8.25. The number of carbonyl (C=O) groups excluding carboxylic acids is 1. The lowest BCUT2D eigenvalue weighted by Gasteiger charge is -2.16. The average molecular weight is 351 g/mol. The van der Waals surface area contributed by atoms with Gasteiger partial charge in [0, 0.05) is 28.5 Å². The molecule has 3 N–H and O–H groups in total. The summed E-state index contributed by atoms with van der Waals surface area (Å²) in [4.78, 5) is 12.2. The molecule has 0 aromatic heterocycles. The third kappa shape index (κ3) is 5.24. The molecule has 0 spiro atoms. The molecule has 0 radical (unpaired) electrons. The Morgan fingerprint density at radius 1 is 1.17 bits per heavy atom. The van der Waals surface area contributed by atoms with Gasteiger partial charge in [0.15, 0.2) is 0 Å². The van der Waals surface area contributed by atoms with E-state index in [1.807, 2.05) is 43.3 Å². The minimum Gasteiger partial charge on any atom is -0.354 e. The number of halogens is 2. The Morgan fingerprint density at radius 2 is 1.87 bits per heavy atom. The SMILES string of the molecule is CC(Cc1ccc(Cl)cc1Cl)C(=O)NCC(N)c1ccccc1. The summed E-state index contributed by atoms with van der Waals surface area (Å²) in [5, 5.41) is 4.07. The molecule has 0 saturated heterocycles. The monoisotopic (exact) mass is 350 g/mol. The van der Waals surface area contributed by atoms with Gasteiger partial charge >= 0.3 is 0 Å². The predicted molar refractivity (Wildman–Crippen MR) is 95.7 cm³/mol. The first kappa shape index (κ1) is 17.8. The van der Waals surface area contributed by atoms with Crippen molar-refractivity contribution in [1.29, 1.82) is 0 Å². The van der Waals surface area contributed by atoms with Crippen molar-refractivity contribution in [2.24, 2.45) is 11.7 Å². The molecular formula is C18H20Cl2N2O. The topological polar surface area (TPSA) is 55.1 Å². The van der Waals surface area contributed by atoms with Gasteiger partial charge in [-0.1, -0.05) is 66.5 Å². The lowest BCUT2D eigenvalue weighted by molar-refractivity contribution is -0.124. The average Bonchev–Trinajstić information content (AvgIpc) is 2.55. The second-order valence-corrected chi connectivity index (χ2v) is 6.45. The second-order valence-electron chi connectivity index (χ2n) is 5.60. The van der Waals surface area contributed by atoms with Crippen molar-refractivity contribution in [2.75, 3.05) is 6.54 Å². The van der Waals surface area contributed by atoms with Gasteiger partial charge in [0.1, 0.15) is 0 Å². The molecule has 2 aromatic rings. The molecule has 2 aromatic carbocycles. The van der Waals surface area contributed by atoms with Crippen molar-refractivity contribution in [3.8, 4) is 0 Å². The number of nitrogens with one attached hydrogen (secondary N) is 1. The van der Waals surface area contributed by atoms with Gasteiger partial charge in [-0.3, -0.25) is 4.79 Å². The summed E-state index contributed by atoms with van der Waals surface area (Å²) >= 11 is 12.0. The Hall–Kier alpha value is -1.55. The summed E-state index contributed by atoms with van der Waals surface area (Å²) in [6, 6.07) is 14.8. The molecule has 0 saturated carbocycles. The summed E-state index contributed by atoms with van der Waals surface area (Å²) in [5.74, 6) is -0.237. The first-order valence-electron chi connectivity index (χ1n) is 7.49. The Kier molecular flexibility index (Phi) is 6.46. The standard InChI is InChI=1S/C18H20Cl2N2O/c1-12(9-14-7-8-15(19)10-16(14)20)18(23)22-11-17(21)13-5-3-2-4-6-13/h2-8,10,12,17H,9,11,21H2,1H3,(H,22,23). The van der Waals surface area contributed by atoms with Crippen LogP contribution in [0.25, 0.3) is 0 Å². The maximum absolute atomic E-state index is 12.2. The van der Waals surface area contributed by atoms with E-state index in [4.69, 9.17) is 28.9 Å². The molecule has 1 amide bonds. The molecule has 0 bridgehead atoms. The molecule has 0 aliphatic heterocycles. The Bertz CT molecular complexity index is 661. The summed E-state index contributed by atoms with van der Waals surface area (Å²) in [6.07, 6.45) is 0.558. The number of rotatable bonds is 6. The van der Waals surface area contributed by atoms with Crippen LogP contribution in [0.4, 0.5) is 0 Å². The zero-order valence-corrected chi connectivity index (χ0v) is 14.4. The van der Waals surface area contributed by atoms with Crippen molar-refractivity contribution < 1.29 is 4.79 Å². The van der Waals surface area contributed by atoms with E-state index in [0.29, 0.717) is 23.0 Å². The van der Waals surface area contributed by atoms with Gasteiger partial charge < -0.3 is 11.1 Å². The third-order valence-electron chi connectivity index (χ3n) is 3.71. The molecule has 0 aliphatic carbocycles. The number of hydrogen-bond donors (Lipinski definition) is 2. The predicted octanol–water partition coefficient (Wildman–Crippen LogP) is 3.99. The van der Waals surface area contributed by atoms with Gasteiger partial charge in [0.2, 0.25) is 5.91 Å². The van der Waals surface area contributed by atoms with Crippen LogP contribution in [0, 0.1) is 5.92 Å². The molecule has 0 aliphatic rings. The highest BCUT2D eigenvalue weighted by atomic mass is 35.5. The number of amides is 1. The van der Waals surface area contributed by atoms with Crippen LogP contribution in [-0.4, -0.2) is 12.5 Å². The minimum atomic E-state index is -0.216. The van der Waals surface area contributed by atoms with Gasteiger partial charge in [0.25, 0.3) is 0 Å². The lowest BCUT2D eigenvalue weighted by Crippen LogP contribution is -2.35. The van der Waals surface area contributed by atoms with Gasteiger partial charge in [-0.15, -0.1) is 0 Å². The summed E-state index contributed by atoms with van der Waals surface area (Å²) < 4.78 is 0. The van der Waals surface area contributed by atoms with Crippen LogP contribution in [0.5, 0.6) is 0 Å². The van der Waals surface area contributed by atoms with Gasteiger partial charge in [0.05, 0.1) is 0 Å². The fraction of sp³-hybridized carbons (Fsp3) is 0.278. The maximum atomic E-state index is 12.2. The smallest absolute Gasteiger partial charge is 0.223 e. The number of hydrogen-bond acceptors (Lipinski definition) is 2. The lowest BCUT2D eigenvalue weighted by atomic mass is 10.00. The van der Waals surface area contributed by atoms with Crippen molar-refractivity contribution in [2.45, 2.75) is 19.4 Å². The van der Waals surface area contributed by atoms with E-state index in [0.717, 1.165) is 11.1 Å². The molecule has 2 rings (SSSR count). The summed E-state index contributed by atoms with van der Waals surface area (Å²) in [5.41, 5.74) is 8.00. The molecule has 0 fully saturated rings. The van der Waals surface area contributed by atoms with Crippen LogP contribution in [0.2, 0.25) is 10.0 Å². The van der Waals surface area contributed by atoms with E-state index in [1.54, 1.807) is 12.1 Å². The molecule has 3 nitrogen and oxygen atoms in total. The Labute approximate surface area is 146 Å². The van der Waals surface area contributed by atoms with Crippen molar-refractivity contribution in [1.82, 2.24) is 5.32 Å². The van der Waals surface area contributed by atoms with E-state index in [9.17, 15) is 4.79 Å². The molecular weight excluding hydrogens is 331 g/mol. The highest BCUT2D eigenvalue weighted by Gasteiger charge is 2.16.